The lowest BCUT2D eigenvalue weighted by molar-refractivity contribution is 0.0938. The number of hydrogen-bond donors (Lipinski definition) is 1. The van der Waals surface area contributed by atoms with Crippen LogP contribution < -0.4 is 5.32 Å². The number of para-hydroxylation sites is 2. The van der Waals surface area contributed by atoms with Gasteiger partial charge in [-0.2, -0.15) is 0 Å². The Balaban J connectivity index is 1.68. The number of halogens is 1. The van der Waals surface area contributed by atoms with E-state index < -0.39 is 0 Å². The molecule has 1 N–H and O–H groups in total. The van der Waals surface area contributed by atoms with Crippen LogP contribution in [0.2, 0.25) is 5.02 Å². The summed E-state index contributed by atoms with van der Waals surface area (Å²) in [5, 5.41) is 3.79. The second kappa shape index (κ2) is 8.10. The minimum Gasteiger partial charge on any atom is -0.342 e. The molecule has 4 aromatic rings. The number of nitrogens with zero attached hydrogens (tertiary/aromatic N) is 2. The molecule has 0 bridgehead atoms. The maximum absolute atomic E-state index is 12.7. The van der Waals surface area contributed by atoms with Crippen LogP contribution in [-0.4, -0.2) is 15.5 Å². The third-order valence-electron chi connectivity index (χ3n) is 5.02. The van der Waals surface area contributed by atoms with Crippen LogP contribution in [0.4, 0.5) is 0 Å². The number of aryl methyl sites for hydroxylation is 1. The van der Waals surface area contributed by atoms with Crippen molar-refractivity contribution in [2.75, 3.05) is 0 Å². The van der Waals surface area contributed by atoms with E-state index in [2.05, 4.69) is 9.88 Å². The van der Waals surface area contributed by atoms with Crippen molar-refractivity contribution in [2.45, 2.75) is 26.4 Å². The lowest BCUT2D eigenvalue weighted by Crippen LogP contribution is -2.28. The Morgan fingerprint density at radius 3 is 2.48 bits per heavy atom. The molecule has 0 aliphatic rings. The molecule has 5 heteroatoms. The number of carbonyl (C=O) groups excluding carboxylic acids is 1. The molecular weight excluding hydrogens is 382 g/mol. The second-order valence-corrected chi connectivity index (χ2v) is 7.60. The molecule has 29 heavy (non-hydrogen) atoms. The Kier molecular flexibility index (Phi) is 5.36. The van der Waals surface area contributed by atoms with Gasteiger partial charge in [-0.05, 0) is 49.7 Å². The van der Waals surface area contributed by atoms with Crippen LogP contribution in [0.5, 0.6) is 0 Å². The van der Waals surface area contributed by atoms with Gasteiger partial charge in [-0.15, -0.1) is 0 Å². The van der Waals surface area contributed by atoms with Gasteiger partial charge in [0.05, 0.1) is 23.6 Å². The third kappa shape index (κ3) is 4.03. The number of fused-ring (bicyclic) bond motifs is 1. The van der Waals surface area contributed by atoms with Crippen molar-refractivity contribution in [3.63, 3.8) is 0 Å². The van der Waals surface area contributed by atoms with Crippen LogP contribution >= 0.6 is 11.6 Å². The quantitative estimate of drug-likeness (QED) is 0.475. The first kappa shape index (κ1) is 19.2. The number of imidazole rings is 1. The van der Waals surface area contributed by atoms with Gasteiger partial charge in [-0.25, -0.2) is 4.98 Å². The highest BCUT2D eigenvalue weighted by molar-refractivity contribution is 6.31. The second-order valence-electron chi connectivity index (χ2n) is 7.20. The predicted molar refractivity (Wildman–Crippen MR) is 117 cm³/mol. The van der Waals surface area contributed by atoms with Crippen LogP contribution in [0.3, 0.4) is 0 Å². The molecule has 146 valence electrons. The molecule has 1 unspecified atom stereocenters. The first-order chi connectivity index (χ1) is 14.0. The molecule has 4 rings (SSSR count). The molecule has 0 radical (unpaired) electrons. The summed E-state index contributed by atoms with van der Waals surface area (Å²) < 4.78 is 2.12. The summed E-state index contributed by atoms with van der Waals surface area (Å²) >= 11 is 6.40. The minimum absolute atomic E-state index is 0.117. The third-order valence-corrected chi connectivity index (χ3v) is 5.39. The summed E-state index contributed by atoms with van der Waals surface area (Å²) in [6.45, 7) is 4.54. The van der Waals surface area contributed by atoms with Crippen molar-refractivity contribution in [1.29, 1.82) is 0 Å². The summed E-state index contributed by atoms with van der Waals surface area (Å²) in [4.78, 5) is 17.5. The fourth-order valence-corrected chi connectivity index (χ4v) is 3.63. The fraction of sp³-hybridized carbons (Fsp3) is 0.167. The maximum atomic E-state index is 12.7. The average molecular weight is 404 g/mol. The number of benzene rings is 3. The minimum atomic E-state index is -0.265. The van der Waals surface area contributed by atoms with Gasteiger partial charge in [0.15, 0.2) is 0 Å². The van der Waals surface area contributed by atoms with Gasteiger partial charge in [0.25, 0.3) is 5.91 Å². The van der Waals surface area contributed by atoms with Gasteiger partial charge in [0.1, 0.15) is 5.82 Å². The molecule has 0 aliphatic carbocycles. The van der Waals surface area contributed by atoms with Crippen LogP contribution in [0.25, 0.3) is 11.0 Å². The van der Waals surface area contributed by atoms with E-state index >= 15 is 0 Å². The van der Waals surface area contributed by atoms with Crippen molar-refractivity contribution in [1.82, 2.24) is 14.9 Å². The summed E-state index contributed by atoms with van der Waals surface area (Å²) in [5.74, 6) is 0.681. The Morgan fingerprint density at radius 2 is 1.72 bits per heavy atom. The number of amides is 1. The Morgan fingerprint density at radius 1 is 1.03 bits per heavy atom. The maximum Gasteiger partial charge on any atom is 0.251 e. The number of hydrogen-bond acceptors (Lipinski definition) is 2. The Bertz CT molecular complexity index is 1160. The molecular formula is C24H22ClN3O. The van der Waals surface area contributed by atoms with E-state index in [4.69, 9.17) is 16.6 Å². The zero-order valence-corrected chi connectivity index (χ0v) is 17.1. The van der Waals surface area contributed by atoms with Crippen LogP contribution in [0.1, 0.15) is 40.3 Å². The van der Waals surface area contributed by atoms with Crippen molar-refractivity contribution >= 4 is 28.5 Å². The highest BCUT2D eigenvalue weighted by Gasteiger charge is 2.19. The number of nitrogens with one attached hydrogen (secondary N) is 1. The molecule has 3 aromatic carbocycles. The first-order valence-corrected chi connectivity index (χ1v) is 9.97. The fourth-order valence-electron chi connectivity index (χ4n) is 3.44. The van der Waals surface area contributed by atoms with E-state index in [0.29, 0.717) is 17.1 Å². The van der Waals surface area contributed by atoms with Crippen LogP contribution in [0.15, 0.2) is 72.8 Å². The summed E-state index contributed by atoms with van der Waals surface area (Å²) in [6.07, 6.45) is 0. The molecule has 4 nitrogen and oxygen atoms in total. The van der Waals surface area contributed by atoms with Crippen molar-refractivity contribution in [3.05, 3.63) is 100 Å². The van der Waals surface area contributed by atoms with E-state index in [1.165, 1.54) is 0 Å². The predicted octanol–water partition coefficient (Wildman–Crippen LogP) is 5.54. The van der Waals surface area contributed by atoms with E-state index in [0.717, 1.165) is 28.0 Å². The smallest absolute Gasteiger partial charge is 0.251 e. The molecule has 1 amide bonds. The zero-order valence-electron chi connectivity index (χ0n) is 16.4. The van der Waals surface area contributed by atoms with Gasteiger partial charge in [0, 0.05) is 10.6 Å². The first-order valence-electron chi connectivity index (χ1n) is 9.59. The summed E-state index contributed by atoms with van der Waals surface area (Å²) in [5.41, 5.74) is 4.67. The highest BCUT2D eigenvalue weighted by Crippen LogP contribution is 2.25. The molecule has 0 spiro atoms. The number of aromatic nitrogens is 2. The van der Waals surface area contributed by atoms with Crippen LogP contribution in [-0.2, 0) is 6.54 Å². The molecule has 0 saturated carbocycles. The van der Waals surface area contributed by atoms with Gasteiger partial charge in [-0.1, -0.05) is 59.6 Å². The summed E-state index contributed by atoms with van der Waals surface area (Å²) in [7, 11) is 0. The average Bonchev–Trinajstić information content (AvgIpc) is 3.09. The van der Waals surface area contributed by atoms with Gasteiger partial charge in [-0.3, -0.25) is 4.79 Å². The largest absolute Gasteiger partial charge is 0.342 e. The van der Waals surface area contributed by atoms with E-state index in [1.807, 2.05) is 86.6 Å². The van der Waals surface area contributed by atoms with Gasteiger partial charge < -0.3 is 9.88 Å². The van der Waals surface area contributed by atoms with Gasteiger partial charge >= 0.3 is 0 Å². The Hall–Kier alpha value is -3.11. The molecule has 0 saturated heterocycles. The van der Waals surface area contributed by atoms with Gasteiger partial charge in [0.2, 0.25) is 0 Å². The molecule has 1 aromatic heterocycles. The molecule has 1 heterocycles. The normalized spacial score (nSPS) is 12.1. The number of rotatable bonds is 5. The zero-order chi connectivity index (χ0) is 20.4. The topological polar surface area (TPSA) is 46.9 Å². The van der Waals surface area contributed by atoms with Crippen LogP contribution in [0, 0.1) is 6.92 Å². The van der Waals surface area contributed by atoms with Crippen molar-refractivity contribution in [2.24, 2.45) is 0 Å². The SMILES string of the molecule is Cc1ccc(C(=O)NC(C)c2nc3ccccc3n2Cc2ccccc2Cl)cc1. The molecule has 0 fully saturated rings. The van der Waals surface area contributed by atoms with Crippen molar-refractivity contribution in [3.8, 4) is 0 Å². The van der Waals surface area contributed by atoms with E-state index in [-0.39, 0.29) is 11.9 Å². The highest BCUT2D eigenvalue weighted by atomic mass is 35.5. The molecule has 0 aliphatic heterocycles. The monoisotopic (exact) mass is 403 g/mol. The van der Waals surface area contributed by atoms with E-state index in [1.54, 1.807) is 0 Å². The lowest BCUT2D eigenvalue weighted by atomic mass is 10.1. The van der Waals surface area contributed by atoms with Crippen molar-refractivity contribution < 1.29 is 4.79 Å². The standard InChI is InChI=1S/C24H22ClN3O/c1-16-11-13-18(14-12-16)24(29)26-17(2)23-27-21-9-5-6-10-22(21)28(23)15-19-7-3-4-8-20(19)25/h3-14,17H,15H2,1-2H3,(H,26,29). The van der Waals surface area contributed by atoms with E-state index in [9.17, 15) is 4.79 Å². The Labute approximate surface area is 175 Å². The summed E-state index contributed by atoms with van der Waals surface area (Å²) in [6, 6.07) is 23.1. The number of carbonyl (C=O) groups is 1. The molecule has 1 atom stereocenters. The lowest BCUT2D eigenvalue weighted by Gasteiger charge is -2.17.